The van der Waals surface area contributed by atoms with Crippen LogP contribution in [0.25, 0.3) is 0 Å². The second-order valence-corrected chi connectivity index (χ2v) is 4.81. The molecule has 1 aromatic heterocycles. The number of hydrogen-bond acceptors (Lipinski definition) is 4. The van der Waals surface area contributed by atoms with Gasteiger partial charge in [-0.25, -0.2) is 4.98 Å². The van der Waals surface area contributed by atoms with Crippen LogP contribution in [0, 0.1) is 13.8 Å². The highest BCUT2D eigenvalue weighted by Gasteiger charge is 2.12. The van der Waals surface area contributed by atoms with Crippen LogP contribution in [-0.2, 0) is 4.79 Å². The SMILES string of the molecule is CCCNC(=O)CNc1nc(C)cc(C)c1C(N)=S. The number of hydrogen-bond donors (Lipinski definition) is 3. The lowest BCUT2D eigenvalue weighted by molar-refractivity contribution is -0.119. The Balaban J connectivity index is 2.82. The fourth-order valence-corrected chi connectivity index (χ4v) is 2.02. The first kappa shape index (κ1) is 15.4. The van der Waals surface area contributed by atoms with Crippen LogP contribution in [-0.4, -0.2) is 29.0 Å². The molecule has 0 spiro atoms. The first-order valence-electron chi connectivity index (χ1n) is 6.24. The lowest BCUT2D eigenvalue weighted by Gasteiger charge is -2.13. The van der Waals surface area contributed by atoms with Gasteiger partial charge in [-0.1, -0.05) is 19.1 Å². The van der Waals surface area contributed by atoms with Crippen LogP contribution in [0.4, 0.5) is 5.82 Å². The summed E-state index contributed by atoms with van der Waals surface area (Å²) in [5.74, 6) is 0.494. The first-order valence-corrected chi connectivity index (χ1v) is 6.65. The van der Waals surface area contributed by atoms with E-state index in [0.29, 0.717) is 17.9 Å². The molecule has 19 heavy (non-hydrogen) atoms. The average molecular weight is 280 g/mol. The van der Waals surface area contributed by atoms with Gasteiger partial charge in [-0.3, -0.25) is 4.79 Å². The topological polar surface area (TPSA) is 80.0 Å². The molecular weight excluding hydrogens is 260 g/mol. The molecule has 5 nitrogen and oxygen atoms in total. The number of nitrogens with one attached hydrogen (secondary N) is 2. The van der Waals surface area contributed by atoms with Gasteiger partial charge in [0.1, 0.15) is 10.8 Å². The molecule has 104 valence electrons. The zero-order chi connectivity index (χ0) is 14.4. The Labute approximate surface area is 119 Å². The lowest BCUT2D eigenvalue weighted by Crippen LogP contribution is -2.31. The molecule has 4 N–H and O–H groups in total. The molecule has 6 heteroatoms. The summed E-state index contributed by atoms with van der Waals surface area (Å²) in [5, 5.41) is 5.78. The van der Waals surface area contributed by atoms with Crippen molar-refractivity contribution in [3.63, 3.8) is 0 Å². The molecule has 0 aliphatic carbocycles. The van der Waals surface area contributed by atoms with Crippen LogP contribution in [0.5, 0.6) is 0 Å². The Kier molecular flexibility index (Phi) is 5.69. The van der Waals surface area contributed by atoms with E-state index in [1.807, 2.05) is 26.8 Å². The summed E-state index contributed by atoms with van der Waals surface area (Å²) in [4.78, 5) is 16.2. The predicted molar refractivity (Wildman–Crippen MR) is 81.4 cm³/mol. The molecule has 1 heterocycles. The second kappa shape index (κ2) is 7.04. The minimum atomic E-state index is -0.0725. The molecule has 0 aliphatic heterocycles. The van der Waals surface area contributed by atoms with Crippen LogP contribution in [0.2, 0.25) is 0 Å². The third kappa shape index (κ3) is 4.48. The summed E-state index contributed by atoms with van der Waals surface area (Å²) >= 11 is 5.03. The molecule has 1 amide bonds. The fourth-order valence-electron chi connectivity index (χ4n) is 1.77. The minimum absolute atomic E-state index is 0.0725. The van der Waals surface area contributed by atoms with E-state index in [1.165, 1.54) is 0 Å². The number of carbonyl (C=O) groups excluding carboxylic acids is 1. The molecule has 0 aliphatic rings. The Morgan fingerprint density at radius 2 is 2.16 bits per heavy atom. The average Bonchev–Trinajstić information content (AvgIpc) is 2.32. The van der Waals surface area contributed by atoms with E-state index in [2.05, 4.69) is 15.6 Å². The summed E-state index contributed by atoms with van der Waals surface area (Å²) in [6.07, 6.45) is 0.908. The van der Waals surface area contributed by atoms with E-state index in [-0.39, 0.29) is 17.4 Å². The lowest BCUT2D eigenvalue weighted by atomic mass is 10.1. The van der Waals surface area contributed by atoms with Crippen molar-refractivity contribution in [2.24, 2.45) is 5.73 Å². The van der Waals surface area contributed by atoms with E-state index in [4.69, 9.17) is 18.0 Å². The van der Waals surface area contributed by atoms with Gasteiger partial charge in [0.2, 0.25) is 5.91 Å². The fraction of sp³-hybridized carbons (Fsp3) is 0.462. The number of nitrogens with zero attached hydrogens (tertiary/aromatic N) is 1. The van der Waals surface area contributed by atoms with E-state index >= 15 is 0 Å². The van der Waals surface area contributed by atoms with Gasteiger partial charge in [0, 0.05) is 12.2 Å². The van der Waals surface area contributed by atoms with Crippen LogP contribution in [0.1, 0.15) is 30.2 Å². The van der Waals surface area contributed by atoms with Gasteiger partial charge < -0.3 is 16.4 Å². The zero-order valence-electron chi connectivity index (χ0n) is 11.5. The van der Waals surface area contributed by atoms with Crippen molar-refractivity contribution in [1.82, 2.24) is 10.3 Å². The van der Waals surface area contributed by atoms with Gasteiger partial charge in [0.15, 0.2) is 0 Å². The molecule has 0 bridgehead atoms. The molecule has 0 fully saturated rings. The number of carbonyl (C=O) groups is 1. The monoisotopic (exact) mass is 280 g/mol. The summed E-state index contributed by atoms with van der Waals surface area (Å²) in [6.45, 7) is 6.64. The maximum absolute atomic E-state index is 11.6. The Morgan fingerprint density at radius 1 is 1.47 bits per heavy atom. The summed E-state index contributed by atoms with van der Waals surface area (Å²) < 4.78 is 0. The second-order valence-electron chi connectivity index (χ2n) is 4.37. The van der Waals surface area contributed by atoms with Crippen LogP contribution >= 0.6 is 12.2 Å². The molecular formula is C13H20N4OS. The molecule has 1 aromatic rings. The third-order valence-electron chi connectivity index (χ3n) is 2.58. The van der Waals surface area contributed by atoms with Crippen molar-refractivity contribution in [2.45, 2.75) is 27.2 Å². The highest BCUT2D eigenvalue weighted by atomic mass is 32.1. The first-order chi connectivity index (χ1) is 8.95. The molecule has 0 radical (unpaired) electrons. The highest BCUT2D eigenvalue weighted by molar-refractivity contribution is 7.80. The number of pyridine rings is 1. The summed E-state index contributed by atoms with van der Waals surface area (Å²) in [6, 6.07) is 1.91. The maximum atomic E-state index is 11.6. The van der Waals surface area contributed by atoms with Gasteiger partial charge in [-0.2, -0.15) is 0 Å². The normalized spacial score (nSPS) is 10.1. The van der Waals surface area contributed by atoms with Crippen molar-refractivity contribution in [3.8, 4) is 0 Å². The number of aromatic nitrogens is 1. The van der Waals surface area contributed by atoms with Crippen molar-refractivity contribution < 1.29 is 4.79 Å². The Morgan fingerprint density at radius 3 is 2.74 bits per heavy atom. The van der Waals surface area contributed by atoms with E-state index in [1.54, 1.807) is 0 Å². The number of nitrogens with two attached hydrogens (primary N) is 1. The van der Waals surface area contributed by atoms with Crippen LogP contribution in [0.3, 0.4) is 0 Å². The standard InChI is InChI=1S/C13H20N4OS/c1-4-5-15-10(18)7-16-13-11(12(14)19)8(2)6-9(3)17-13/h6H,4-5,7H2,1-3H3,(H2,14,19)(H,15,18)(H,16,17). The van der Waals surface area contributed by atoms with E-state index in [9.17, 15) is 4.79 Å². The van der Waals surface area contributed by atoms with Gasteiger partial charge in [0.25, 0.3) is 0 Å². The molecule has 0 unspecified atom stereocenters. The Bertz CT molecular complexity index is 488. The van der Waals surface area contributed by atoms with Crippen molar-refractivity contribution in [3.05, 3.63) is 22.9 Å². The highest BCUT2D eigenvalue weighted by Crippen LogP contribution is 2.18. The molecule has 0 saturated carbocycles. The number of anilines is 1. The zero-order valence-corrected chi connectivity index (χ0v) is 12.4. The van der Waals surface area contributed by atoms with Crippen molar-refractivity contribution >= 4 is 28.9 Å². The maximum Gasteiger partial charge on any atom is 0.239 e. The minimum Gasteiger partial charge on any atom is -0.389 e. The predicted octanol–water partition coefficient (Wildman–Crippen LogP) is 1.27. The quantitative estimate of drug-likeness (QED) is 0.684. The van der Waals surface area contributed by atoms with E-state index in [0.717, 1.165) is 17.7 Å². The van der Waals surface area contributed by atoms with Gasteiger partial charge >= 0.3 is 0 Å². The van der Waals surface area contributed by atoms with Gasteiger partial charge in [-0.05, 0) is 31.9 Å². The number of thiocarbonyl (C=S) groups is 1. The van der Waals surface area contributed by atoms with Crippen LogP contribution in [0.15, 0.2) is 6.07 Å². The van der Waals surface area contributed by atoms with Crippen molar-refractivity contribution in [1.29, 1.82) is 0 Å². The number of rotatable bonds is 6. The summed E-state index contributed by atoms with van der Waals surface area (Å²) in [7, 11) is 0. The Hall–Kier alpha value is -1.69. The number of amides is 1. The van der Waals surface area contributed by atoms with E-state index < -0.39 is 0 Å². The molecule has 0 atom stereocenters. The summed E-state index contributed by atoms with van der Waals surface area (Å²) in [5.41, 5.74) is 8.21. The largest absolute Gasteiger partial charge is 0.389 e. The third-order valence-corrected chi connectivity index (χ3v) is 2.78. The molecule has 0 aromatic carbocycles. The smallest absolute Gasteiger partial charge is 0.239 e. The van der Waals surface area contributed by atoms with Gasteiger partial charge in [-0.15, -0.1) is 0 Å². The van der Waals surface area contributed by atoms with Crippen molar-refractivity contribution in [2.75, 3.05) is 18.4 Å². The van der Waals surface area contributed by atoms with Crippen LogP contribution < -0.4 is 16.4 Å². The van der Waals surface area contributed by atoms with Gasteiger partial charge in [0.05, 0.1) is 12.1 Å². The molecule has 1 rings (SSSR count). The number of aryl methyl sites for hydroxylation is 2. The molecule has 0 saturated heterocycles.